The van der Waals surface area contributed by atoms with Crippen molar-refractivity contribution in [3.63, 3.8) is 0 Å². The summed E-state index contributed by atoms with van der Waals surface area (Å²) < 4.78 is 16.9. The van der Waals surface area contributed by atoms with Gasteiger partial charge in [-0.05, 0) is 83.5 Å². The quantitative estimate of drug-likeness (QED) is 0.0261. The van der Waals surface area contributed by atoms with E-state index < -0.39 is 6.10 Å². The first-order chi connectivity index (χ1) is 35.5. The predicted molar refractivity (Wildman–Crippen MR) is 312 cm³/mol. The van der Waals surface area contributed by atoms with Crippen molar-refractivity contribution in [2.24, 2.45) is 0 Å². The van der Waals surface area contributed by atoms with E-state index in [2.05, 4.69) is 81.5 Å². The third-order valence-corrected chi connectivity index (χ3v) is 13.8. The molecular formula is C66H118O6. The van der Waals surface area contributed by atoms with Gasteiger partial charge in [-0.25, -0.2) is 0 Å². The normalized spacial score (nSPS) is 12.4. The first kappa shape index (κ1) is 69.1. The third kappa shape index (κ3) is 58.0. The van der Waals surface area contributed by atoms with Crippen molar-refractivity contribution in [3.8, 4) is 0 Å². The summed E-state index contributed by atoms with van der Waals surface area (Å²) in [5.41, 5.74) is 0. The first-order valence-electron chi connectivity index (χ1n) is 31.3. The van der Waals surface area contributed by atoms with Crippen molar-refractivity contribution < 1.29 is 28.6 Å². The van der Waals surface area contributed by atoms with Crippen molar-refractivity contribution in [1.82, 2.24) is 0 Å². The fourth-order valence-corrected chi connectivity index (χ4v) is 9.08. The van der Waals surface area contributed by atoms with Crippen molar-refractivity contribution in [1.29, 1.82) is 0 Å². The van der Waals surface area contributed by atoms with Gasteiger partial charge < -0.3 is 14.2 Å². The van der Waals surface area contributed by atoms with Gasteiger partial charge in [-0.15, -0.1) is 0 Å². The molecule has 418 valence electrons. The average Bonchev–Trinajstić information content (AvgIpc) is 3.38. The fourth-order valence-electron chi connectivity index (χ4n) is 9.08. The van der Waals surface area contributed by atoms with E-state index >= 15 is 0 Å². The van der Waals surface area contributed by atoms with E-state index in [9.17, 15) is 14.4 Å². The van der Waals surface area contributed by atoms with Gasteiger partial charge in [-0.1, -0.05) is 281 Å². The smallest absolute Gasteiger partial charge is 0.306 e. The highest BCUT2D eigenvalue weighted by Crippen LogP contribution is 2.17. The Hall–Kier alpha value is -2.89. The van der Waals surface area contributed by atoms with Gasteiger partial charge in [-0.3, -0.25) is 14.4 Å². The molecule has 0 rings (SSSR count). The Bertz CT molecular complexity index is 1290. The lowest BCUT2D eigenvalue weighted by Gasteiger charge is -2.18. The Morgan fingerprint density at radius 3 is 0.889 bits per heavy atom. The van der Waals surface area contributed by atoms with Crippen molar-refractivity contribution >= 4 is 17.9 Å². The topological polar surface area (TPSA) is 78.9 Å². The van der Waals surface area contributed by atoms with E-state index in [-0.39, 0.29) is 37.5 Å². The Morgan fingerprint density at radius 2 is 0.542 bits per heavy atom. The second-order valence-electron chi connectivity index (χ2n) is 20.9. The summed E-state index contributed by atoms with van der Waals surface area (Å²) in [6.07, 6.45) is 76.7. The molecule has 0 heterocycles. The molecule has 6 nitrogen and oxygen atoms in total. The summed E-state index contributed by atoms with van der Waals surface area (Å²) in [6.45, 7) is 6.52. The van der Waals surface area contributed by atoms with Gasteiger partial charge in [0.25, 0.3) is 0 Å². The summed E-state index contributed by atoms with van der Waals surface area (Å²) in [6, 6.07) is 0. The van der Waals surface area contributed by atoms with E-state index in [4.69, 9.17) is 14.2 Å². The van der Waals surface area contributed by atoms with Gasteiger partial charge in [0.1, 0.15) is 13.2 Å². The summed E-state index contributed by atoms with van der Waals surface area (Å²) in [7, 11) is 0. The molecule has 0 amide bonds. The molecule has 0 N–H and O–H groups in total. The van der Waals surface area contributed by atoms with Gasteiger partial charge in [0.15, 0.2) is 6.10 Å². The van der Waals surface area contributed by atoms with Gasteiger partial charge >= 0.3 is 17.9 Å². The van der Waals surface area contributed by atoms with Gasteiger partial charge in [0.2, 0.25) is 0 Å². The highest BCUT2D eigenvalue weighted by Gasteiger charge is 2.19. The lowest BCUT2D eigenvalue weighted by molar-refractivity contribution is -0.167. The van der Waals surface area contributed by atoms with Crippen LogP contribution in [0, 0.1) is 0 Å². The van der Waals surface area contributed by atoms with Crippen LogP contribution in [-0.4, -0.2) is 37.2 Å². The standard InChI is InChI=1S/C66H118O6/c1-4-7-10-13-16-19-22-25-28-29-30-31-32-33-34-35-36-39-41-44-47-50-53-56-59-65(68)71-62-63(72-66(69)60-57-54-51-48-45-42-38-27-24-21-18-15-12-9-6-3)61-70-64(67)58-55-52-49-46-43-40-37-26-23-20-17-14-11-8-5-2/h9,12,18,21,26-27,37-38,45,48,63H,4-8,10-11,13-17,19-20,22-25,28-36,39-44,46-47,49-62H2,1-3H3/b12-9-,21-18-,37-26-,38-27-,48-45-. The Morgan fingerprint density at radius 1 is 0.292 bits per heavy atom. The minimum absolute atomic E-state index is 0.0907. The third-order valence-electron chi connectivity index (χ3n) is 13.8. The Labute approximate surface area is 447 Å². The van der Waals surface area contributed by atoms with Crippen LogP contribution in [0.1, 0.15) is 323 Å². The van der Waals surface area contributed by atoms with Crippen molar-refractivity contribution in [2.75, 3.05) is 13.2 Å². The minimum Gasteiger partial charge on any atom is -0.462 e. The maximum absolute atomic E-state index is 12.9. The number of hydrogen-bond donors (Lipinski definition) is 0. The van der Waals surface area contributed by atoms with Crippen LogP contribution in [0.3, 0.4) is 0 Å². The average molecular weight is 1010 g/mol. The van der Waals surface area contributed by atoms with Crippen LogP contribution in [0.5, 0.6) is 0 Å². The molecule has 0 aliphatic carbocycles. The van der Waals surface area contributed by atoms with E-state index in [0.29, 0.717) is 19.3 Å². The molecule has 0 fully saturated rings. The molecule has 0 saturated heterocycles. The molecule has 0 aromatic heterocycles. The van der Waals surface area contributed by atoms with Crippen LogP contribution < -0.4 is 0 Å². The number of hydrogen-bond acceptors (Lipinski definition) is 6. The molecule has 0 aliphatic rings. The van der Waals surface area contributed by atoms with E-state index in [1.807, 2.05) is 0 Å². The Balaban J connectivity index is 4.31. The fraction of sp³-hybridized carbons (Fsp3) is 0.803. The van der Waals surface area contributed by atoms with Crippen molar-refractivity contribution in [2.45, 2.75) is 329 Å². The number of carbonyl (C=O) groups excluding carboxylic acids is 3. The number of rotatable bonds is 57. The highest BCUT2D eigenvalue weighted by molar-refractivity contribution is 5.71. The van der Waals surface area contributed by atoms with Crippen molar-refractivity contribution in [3.05, 3.63) is 60.8 Å². The van der Waals surface area contributed by atoms with Crippen LogP contribution in [0.25, 0.3) is 0 Å². The van der Waals surface area contributed by atoms with Gasteiger partial charge in [0, 0.05) is 19.3 Å². The van der Waals surface area contributed by atoms with Gasteiger partial charge in [-0.2, -0.15) is 0 Å². The summed E-state index contributed by atoms with van der Waals surface area (Å²) in [5, 5.41) is 0. The molecule has 0 radical (unpaired) electrons. The molecule has 0 aliphatic heterocycles. The summed E-state index contributed by atoms with van der Waals surface area (Å²) in [4.78, 5) is 38.2. The molecule has 6 heteroatoms. The van der Waals surface area contributed by atoms with E-state index in [1.54, 1.807) is 0 Å². The maximum Gasteiger partial charge on any atom is 0.306 e. The minimum atomic E-state index is -0.798. The number of allylic oxidation sites excluding steroid dienone is 10. The molecule has 1 unspecified atom stereocenters. The zero-order chi connectivity index (χ0) is 52.2. The maximum atomic E-state index is 12.9. The number of esters is 3. The molecule has 72 heavy (non-hydrogen) atoms. The second-order valence-corrected chi connectivity index (χ2v) is 20.9. The van der Waals surface area contributed by atoms with Gasteiger partial charge in [0.05, 0.1) is 0 Å². The van der Waals surface area contributed by atoms with Crippen LogP contribution in [0.2, 0.25) is 0 Å². The van der Waals surface area contributed by atoms with Crippen LogP contribution in [-0.2, 0) is 28.6 Å². The number of ether oxygens (including phenoxy) is 3. The van der Waals surface area contributed by atoms with E-state index in [1.165, 1.54) is 193 Å². The lowest BCUT2D eigenvalue weighted by Crippen LogP contribution is -2.30. The van der Waals surface area contributed by atoms with E-state index in [0.717, 1.165) is 83.5 Å². The van der Waals surface area contributed by atoms with Crippen LogP contribution in [0.4, 0.5) is 0 Å². The van der Waals surface area contributed by atoms with Crippen LogP contribution in [0.15, 0.2) is 60.8 Å². The summed E-state index contributed by atoms with van der Waals surface area (Å²) in [5.74, 6) is -0.926. The van der Waals surface area contributed by atoms with Crippen LogP contribution >= 0.6 is 0 Å². The second kappa shape index (κ2) is 60.7. The molecule has 0 aromatic rings. The molecule has 0 aromatic carbocycles. The number of carbonyl (C=O) groups is 3. The zero-order valence-corrected chi connectivity index (χ0v) is 47.9. The zero-order valence-electron chi connectivity index (χ0n) is 47.9. The molecule has 1 atom stereocenters. The summed E-state index contributed by atoms with van der Waals surface area (Å²) >= 11 is 0. The predicted octanol–water partition coefficient (Wildman–Crippen LogP) is 21.2. The first-order valence-corrected chi connectivity index (χ1v) is 31.3. The molecule has 0 spiro atoms. The molecule has 0 bridgehead atoms. The molecular weight excluding hydrogens is 889 g/mol. The lowest BCUT2D eigenvalue weighted by atomic mass is 10.0. The highest BCUT2D eigenvalue weighted by atomic mass is 16.6. The largest absolute Gasteiger partial charge is 0.462 e. The number of unbranched alkanes of at least 4 members (excludes halogenated alkanes) is 36. The SMILES string of the molecule is CC/C=C\C/C=C\C/C=C\C/C=C\CCCCC(=O)OC(COC(=O)CCCCCCC/C=C\CCCCCCCC)COC(=O)CCCCCCCCCCCCCCCCCCCCCCCCCC. The Kier molecular flexibility index (Phi) is 58.2. The molecule has 0 saturated carbocycles. The monoisotopic (exact) mass is 1010 g/mol.